The maximum absolute atomic E-state index is 3.53. The summed E-state index contributed by atoms with van der Waals surface area (Å²) in [5.41, 5.74) is 0. The number of hydrogen-bond acceptors (Lipinski definition) is 3. The molecular formula is C10H22N2S. The highest BCUT2D eigenvalue weighted by Crippen LogP contribution is 2.17. The maximum atomic E-state index is 3.53. The van der Waals surface area contributed by atoms with Crippen molar-refractivity contribution in [3.63, 3.8) is 0 Å². The van der Waals surface area contributed by atoms with E-state index >= 15 is 0 Å². The molecule has 0 saturated heterocycles. The van der Waals surface area contributed by atoms with Crippen molar-refractivity contribution in [1.29, 1.82) is 0 Å². The predicted octanol–water partition coefficient (Wildman–Crippen LogP) is 1.42. The predicted molar refractivity (Wildman–Crippen MR) is 61.5 cm³/mol. The fourth-order valence-corrected chi connectivity index (χ4v) is 1.95. The van der Waals surface area contributed by atoms with Crippen molar-refractivity contribution in [2.75, 3.05) is 38.2 Å². The first-order valence-electron chi connectivity index (χ1n) is 5.32. The Labute approximate surface area is 86.5 Å². The van der Waals surface area contributed by atoms with Crippen LogP contribution in [0.2, 0.25) is 0 Å². The van der Waals surface area contributed by atoms with E-state index in [1.807, 2.05) is 11.8 Å². The molecule has 0 aromatic heterocycles. The van der Waals surface area contributed by atoms with E-state index in [4.69, 9.17) is 0 Å². The topological polar surface area (TPSA) is 15.3 Å². The second kappa shape index (κ2) is 6.68. The molecule has 1 fully saturated rings. The summed E-state index contributed by atoms with van der Waals surface area (Å²) in [6.07, 6.45) is 2.80. The van der Waals surface area contributed by atoms with Gasteiger partial charge in [0.1, 0.15) is 0 Å². The fourth-order valence-electron chi connectivity index (χ4n) is 1.22. The van der Waals surface area contributed by atoms with Crippen molar-refractivity contribution in [1.82, 2.24) is 10.2 Å². The Morgan fingerprint density at radius 1 is 1.38 bits per heavy atom. The number of thioether (sulfide) groups is 1. The lowest BCUT2D eigenvalue weighted by Gasteiger charge is -2.16. The van der Waals surface area contributed by atoms with E-state index in [1.165, 1.54) is 37.4 Å². The molecule has 0 aliphatic heterocycles. The van der Waals surface area contributed by atoms with Gasteiger partial charge in [-0.3, -0.25) is 0 Å². The molecule has 2 nitrogen and oxygen atoms in total. The Hall–Kier alpha value is 0.270. The molecule has 0 aromatic carbocycles. The van der Waals surface area contributed by atoms with Crippen molar-refractivity contribution in [3.05, 3.63) is 0 Å². The molecule has 1 N–H and O–H groups in total. The average molecular weight is 202 g/mol. The van der Waals surface area contributed by atoms with Gasteiger partial charge in [0.15, 0.2) is 0 Å². The van der Waals surface area contributed by atoms with Crippen LogP contribution in [0.3, 0.4) is 0 Å². The minimum Gasteiger partial charge on any atom is -0.313 e. The zero-order valence-corrected chi connectivity index (χ0v) is 9.70. The second-order valence-electron chi connectivity index (χ2n) is 3.73. The highest BCUT2D eigenvalue weighted by atomic mass is 32.2. The van der Waals surface area contributed by atoms with E-state index in [1.54, 1.807) is 0 Å². The van der Waals surface area contributed by atoms with Crippen LogP contribution in [-0.4, -0.2) is 49.1 Å². The summed E-state index contributed by atoms with van der Waals surface area (Å²) < 4.78 is 0. The molecule has 78 valence electrons. The summed E-state index contributed by atoms with van der Waals surface area (Å²) in [5, 5.41) is 3.53. The number of nitrogens with zero attached hydrogens (tertiary/aromatic N) is 1. The molecule has 1 saturated carbocycles. The van der Waals surface area contributed by atoms with Crippen LogP contribution in [0.25, 0.3) is 0 Å². The molecule has 0 bridgehead atoms. The van der Waals surface area contributed by atoms with Crippen LogP contribution in [-0.2, 0) is 0 Å². The third-order valence-corrected chi connectivity index (χ3v) is 3.20. The summed E-state index contributed by atoms with van der Waals surface area (Å²) in [7, 11) is 2.21. The Morgan fingerprint density at radius 2 is 2.15 bits per heavy atom. The van der Waals surface area contributed by atoms with Gasteiger partial charge in [0, 0.05) is 31.4 Å². The van der Waals surface area contributed by atoms with E-state index in [0.717, 1.165) is 12.6 Å². The lowest BCUT2D eigenvalue weighted by atomic mass is 10.5. The molecule has 0 spiro atoms. The molecule has 13 heavy (non-hydrogen) atoms. The van der Waals surface area contributed by atoms with Gasteiger partial charge in [0.05, 0.1) is 0 Å². The highest BCUT2D eigenvalue weighted by Gasteiger charge is 2.19. The summed E-state index contributed by atoms with van der Waals surface area (Å²) in [4.78, 5) is 2.41. The van der Waals surface area contributed by atoms with E-state index in [2.05, 4.69) is 24.2 Å². The minimum absolute atomic E-state index is 0.860. The van der Waals surface area contributed by atoms with Crippen LogP contribution in [0.4, 0.5) is 0 Å². The van der Waals surface area contributed by atoms with Gasteiger partial charge >= 0.3 is 0 Å². The molecule has 0 aromatic rings. The number of hydrogen-bond donors (Lipinski definition) is 1. The highest BCUT2D eigenvalue weighted by molar-refractivity contribution is 7.99. The summed E-state index contributed by atoms with van der Waals surface area (Å²) >= 11 is 2.03. The van der Waals surface area contributed by atoms with Crippen LogP contribution in [0.15, 0.2) is 0 Å². The normalized spacial score (nSPS) is 16.8. The molecule has 0 unspecified atom stereocenters. The average Bonchev–Trinajstić information content (AvgIpc) is 2.89. The van der Waals surface area contributed by atoms with Crippen LogP contribution in [0, 0.1) is 0 Å². The van der Waals surface area contributed by atoms with Gasteiger partial charge in [-0.25, -0.2) is 0 Å². The molecule has 1 aliphatic rings. The summed E-state index contributed by atoms with van der Waals surface area (Å²) in [6, 6.07) is 0.860. The molecular weight excluding hydrogens is 180 g/mol. The SMILES string of the molecule is CCSCCN(C)CCNC1CC1. The van der Waals surface area contributed by atoms with Gasteiger partial charge < -0.3 is 10.2 Å². The van der Waals surface area contributed by atoms with Crippen molar-refractivity contribution >= 4 is 11.8 Å². The number of likely N-dealkylation sites (N-methyl/N-ethyl adjacent to an activating group) is 1. The molecule has 1 rings (SSSR count). The lowest BCUT2D eigenvalue weighted by molar-refractivity contribution is 0.351. The minimum atomic E-state index is 0.860. The quantitative estimate of drug-likeness (QED) is 0.599. The lowest BCUT2D eigenvalue weighted by Crippen LogP contribution is -2.31. The maximum Gasteiger partial charge on any atom is 0.0104 e. The molecule has 0 radical (unpaired) electrons. The van der Waals surface area contributed by atoms with Crippen LogP contribution < -0.4 is 5.32 Å². The van der Waals surface area contributed by atoms with Gasteiger partial charge in [0.25, 0.3) is 0 Å². The molecule has 1 aliphatic carbocycles. The molecule has 0 atom stereocenters. The Kier molecular flexibility index (Phi) is 5.83. The van der Waals surface area contributed by atoms with Gasteiger partial charge in [-0.15, -0.1) is 0 Å². The number of nitrogens with one attached hydrogen (secondary N) is 1. The monoisotopic (exact) mass is 202 g/mol. The van der Waals surface area contributed by atoms with Crippen molar-refractivity contribution in [3.8, 4) is 0 Å². The second-order valence-corrected chi connectivity index (χ2v) is 5.12. The first-order chi connectivity index (χ1) is 6.33. The van der Waals surface area contributed by atoms with E-state index in [-0.39, 0.29) is 0 Å². The van der Waals surface area contributed by atoms with Crippen LogP contribution >= 0.6 is 11.8 Å². The van der Waals surface area contributed by atoms with Crippen molar-refractivity contribution in [2.45, 2.75) is 25.8 Å². The van der Waals surface area contributed by atoms with Gasteiger partial charge in [-0.2, -0.15) is 11.8 Å². The Morgan fingerprint density at radius 3 is 2.77 bits per heavy atom. The van der Waals surface area contributed by atoms with Crippen molar-refractivity contribution < 1.29 is 0 Å². The largest absolute Gasteiger partial charge is 0.313 e. The van der Waals surface area contributed by atoms with Crippen molar-refractivity contribution in [2.24, 2.45) is 0 Å². The Bertz CT molecular complexity index is 126. The smallest absolute Gasteiger partial charge is 0.0104 e. The summed E-state index contributed by atoms with van der Waals surface area (Å²) in [5.74, 6) is 2.52. The zero-order chi connectivity index (χ0) is 9.52. The fraction of sp³-hybridized carbons (Fsp3) is 1.00. The van der Waals surface area contributed by atoms with Gasteiger partial charge in [0.2, 0.25) is 0 Å². The molecule has 0 amide bonds. The first-order valence-corrected chi connectivity index (χ1v) is 6.48. The Balaban J connectivity index is 1.81. The van der Waals surface area contributed by atoms with E-state index in [9.17, 15) is 0 Å². The van der Waals surface area contributed by atoms with Gasteiger partial charge in [-0.05, 0) is 25.6 Å². The standard InChI is InChI=1S/C10H22N2S/c1-3-13-9-8-12(2)7-6-11-10-4-5-10/h10-11H,3-9H2,1-2H3. The summed E-state index contributed by atoms with van der Waals surface area (Å²) in [6.45, 7) is 5.81. The zero-order valence-electron chi connectivity index (χ0n) is 8.88. The van der Waals surface area contributed by atoms with E-state index in [0.29, 0.717) is 0 Å². The van der Waals surface area contributed by atoms with Crippen LogP contribution in [0.1, 0.15) is 19.8 Å². The van der Waals surface area contributed by atoms with E-state index < -0.39 is 0 Å². The van der Waals surface area contributed by atoms with Gasteiger partial charge in [-0.1, -0.05) is 6.92 Å². The molecule has 3 heteroatoms. The number of rotatable bonds is 8. The third kappa shape index (κ3) is 6.36. The third-order valence-electron chi connectivity index (χ3n) is 2.33. The first kappa shape index (κ1) is 11.3. The molecule has 0 heterocycles. The van der Waals surface area contributed by atoms with Crippen LogP contribution in [0.5, 0.6) is 0 Å².